The van der Waals surface area contributed by atoms with E-state index in [2.05, 4.69) is 26.0 Å². The summed E-state index contributed by atoms with van der Waals surface area (Å²) >= 11 is 3.05. The van der Waals surface area contributed by atoms with Crippen LogP contribution in [-0.4, -0.2) is 19.7 Å². The topological polar surface area (TPSA) is 87.0 Å². The van der Waals surface area contributed by atoms with Crippen LogP contribution in [0.15, 0.2) is 33.3 Å². The van der Waals surface area contributed by atoms with Crippen LogP contribution in [0.5, 0.6) is 0 Å². The van der Waals surface area contributed by atoms with Gasteiger partial charge in [-0.2, -0.15) is 4.68 Å². The van der Waals surface area contributed by atoms with Gasteiger partial charge in [-0.15, -0.1) is 0 Å². The van der Waals surface area contributed by atoms with E-state index in [0.29, 0.717) is 11.1 Å². The zero-order valence-corrected chi connectivity index (χ0v) is 11.4. The molecular formula is C11H6BrFN4O3. The monoisotopic (exact) mass is 340 g/mol. The number of hydrogen-bond acceptors (Lipinski definition) is 5. The minimum atomic E-state index is -0.595. The lowest BCUT2D eigenvalue weighted by atomic mass is 10.3. The number of nitrogens with zero attached hydrogens (tertiary/aromatic N) is 4. The molecule has 0 saturated heterocycles. The molecule has 20 heavy (non-hydrogen) atoms. The van der Waals surface area contributed by atoms with Crippen LogP contribution < -0.4 is 0 Å². The summed E-state index contributed by atoms with van der Waals surface area (Å²) in [6, 6.07) is 4.00. The summed E-state index contributed by atoms with van der Waals surface area (Å²) < 4.78 is 20.0. The molecule has 0 N–H and O–H groups in total. The first kappa shape index (κ1) is 12.7. The molecule has 0 aliphatic carbocycles. The van der Waals surface area contributed by atoms with E-state index in [1.807, 2.05) is 0 Å². The largest absolute Gasteiger partial charge is 0.439 e. The first-order valence-corrected chi connectivity index (χ1v) is 6.24. The maximum Gasteiger partial charge on any atom is 0.404 e. The van der Waals surface area contributed by atoms with Gasteiger partial charge in [-0.3, -0.25) is 0 Å². The maximum atomic E-state index is 13.0. The molecule has 0 fully saturated rings. The van der Waals surface area contributed by atoms with Crippen LogP contribution in [-0.2, 0) is 6.54 Å². The summed E-state index contributed by atoms with van der Waals surface area (Å²) in [5.41, 5.74) is 0.836. The number of halogens is 2. The zero-order valence-electron chi connectivity index (χ0n) is 9.79. The van der Waals surface area contributed by atoms with Crippen LogP contribution >= 0.6 is 15.9 Å². The summed E-state index contributed by atoms with van der Waals surface area (Å²) in [5, 5.41) is 14.5. The van der Waals surface area contributed by atoms with Crippen molar-refractivity contribution in [2.45, 2.75) is 6.54 Å². The Morgan fingerprint density at radius 3 is 3.00 bits per heavy atom. The van der Waals surface area contributed by atoms with E-state index in [1.165, 1.54) is 29.1 Å². The second-order valence-corrected chi connectivity index (χ2v) is 4.83. The molecular weight excluding hydrogens is 335 g/mol. The highest BCUT2D eigenvalue weighted by molar-refractivity contribution is 9.10. The van der Waals surface area contributed by atoms with Crippen LogP contribution in [0.1, 0.15) is 5.89 Å². The molecule has 0 atom stereocenters. The third-order valence-corrected chi connectivity index (χ3v) is 3.12. The number of oxazole rings is 1. The quantitative estimate of drug-likeness (QED) is 0.540. The SMILES string of the molecule is O=[N+]([O-])c1nn(Cc2nc3cc(F)ccc3o2)cc1Br. The van der Waals surface area contributed by atoms with Gasteiger partial charge in [0, 0.05) is 6.07 Å². The van der Waals surface area contributed by atoms with Crippen molar-refractivity contribution >= 4 is 32.8 Å². The second-order valence-electron chi connectivity index (χ2n) is 3.97. The zero-order chi connectivity index (χ0) is 14.3. The van der Waals surface area contributed by atoms with E-state index in [1.54, 1.807) is 0 Å². The third-order valence-electron chi connectivity index (χ3n) is 2.56. The fourth-order valence-corrected chi connectivity index (χ4v) is 2.21. The normalized spacial score (nSPS) is 11.1. The highest BCUT2D eigenvalue weighted by Crippen LogP contribution is 2.23. The molecule has 0 saturated carbocycles. The number of benzene rings is 1. The predicted octanol–water partition coefficient (Wildman–Crippen LogP) is 2.88. The van der Waals surface area contributed by atoms with Gasteiger partial charge < -0.3 is 14.5 Å². The lowest BCUT2D eigenvalue weighted by molar-refractivity contribution is -0.390. The minimum absolute atomic E-state index is 0.114. The van der Waals surface area contributed by atoms with Gasteiger partial charge in [-0.05, 0) is 33.0 Å². The highest BCUT2D eigenvalue weighted by atomic mass is 79.9. The molecule has 3 rings (SSSR count). The fourth-order valence-electron chi connectivity index (χ4n) is 1.75. The molecule has 0 radical (unpaired) electrons. The van der Waals surface area contributed by atoms with Crippen LogP contribution in [0.25, 0.3) is 11.1 Å². The lowest BCUT2D eigenvalue weighted by Crippen LogP contribution is -2.01. The smallest absolute Gasteiger partial charge is 0.404 e. The van der Waals surface area contributed by atoms with E-state index in [0.717, 1.165) is 0 Å². The average Bonchev–Trinajstić information content (AvgIpc) is 2.92. The molecule has 0 aliphatic rings. The number of fused-ring (bicyclic) bond motifs is 1. The van der Waals surface area contributed by atoms with E-state index in [-0.39, 0.29) is 22.7 Å². The number of nitro groups is 1. The standard InChI is InChI=1S/C11H6BrFN4O3/c12-7-4-16(15-11(7)17(18)19)5-10-14-8-3-6(13)1-2-9(8)20-10/h1-4H,5H2. The van der Waals surface area contributed by atoms with Gasteiger partial charge in [0.25, 0.3) is 0 Å². The summed E-state index contributed by atoms with van der Waals surface area (Å²) in [6.45, 7) is 0.114. The van der Waals surface area contributed by atoms with Crippen molar-refractivity contribution in [1.29, 1.82) is 0 Å². The van der Waals surface area contributed by atoms with Crippen LogP contribution in [0.4, 0.5) is 10.2 Å². The van der Waals surface area contributed by atoms with E-state index in [9.17, 15) is 14.5 Å². The van der Waals surface area contributed by atoms with E-state index < -0.39 is 10.7 Å². The van der Waals surface area contributed by atoms with Crippen molar-refractivity contribution in [3.63, 3.8) is 0 Å². The van der Waals surface area contributed by atoms with Crippen molar-refractivity contribution in [2.24, 2.45) is 0 Å². The first-order chi connectivity index (χ1) is 9.52. The Balaban J connectivity index is 1.92. The Morgan fingerprint density at radius 2 is 2.30 bits per heavy atom. The molecule has 2 aromatic heterocycles. The molecule has 0 bridgehead atoms. The molecule has 1 aromatic carbocycles. The van der Waals surface area contributed by atoms with Crippen molar-refractivity contribution in [1.82, 2.24) is 14.8 Å². The average molecular weight is 341 g/mol. The Labute approximate surface area is 119 Å². The molecule has 0 unspecified atom stereocenters. The number of hydrogen-bond donors (Lipinski definition) is 0. The molecule has 0 spiro atoms. The Bertz CT molecular complexity index is 813. The summed E-state index contributed by atoms with van der Waals surface area (Å²) in [5.74, 6) is -0.405. The molecule has 9 heteroatoms. The van der Waals surface area contributed by atoms with E-state index >= 15 is 0 Å². The molecule has 3 aromatic rings. The maximum absolute atomic E-state index is 13.0. The summed E-state index contributed by atoms with van der Waals surface area (Å²) in [6.07, 6.45) is 1.45. The fraction of sp³-hybridized carbons (Fsp3) is 0.0909. The molecule has 0 aliphatic heterocycles. The second kappa shape index (κ2) is 4.67. The van der Waals surface area contributed by atoms with E-state index in [4.69, 9.17) is 4.42 Å². The van der Waals surface area contributed by atoms with Gasteiger partial charge in [0.15, 0.2) is 5.58 Å². The van der Waals surface area contributed by atoms with Gasteiger partial charge in [0.2, 0.25) is 5.89 Å². The van der Waals surface area contributed by atoms with Crippen LogP contribution in [0, 0.1) is 15.9 Å². The summed E-state index contributed by atoms with van der Waals surface area (Å²) in [4.78, 5) is 14.2. The molecule has 0 amide bonds. The van der Waals surface area contributed by atoms with Gasteiger partial charge in [0.1, 0.15) is 22.4 Å². The van der Waals surface area contributed by atoms with Crippen molar-refractivity contribution in [3.05, 3.63) is 50.7 Å². The Hall–Kier alpha value is -2.29. The summed E-state index contributed by atoms with van der Waals surface area (Å²) in [7, 11) is 0. The van der Waals surface area contributed by atoms with Gasteiger partial charge >= 0.3 is 5.82 Å². The van der Waals surface area contributed by atoms with Crippen molar-refractivity contribution in [2.75, 3.05) is 0 Å². The van der Waals surface area contributed by atoms with Crippen LogP contribution in [0.3, 0.4) is 0 Å². The molecule has 7 nitrogen and oxygen atoms in total. The Morgan fingerprint density at radius 1 is 1.50 bits per heavy atom. The number of rotatable bonds is 3. The van der Waals surface area contributed by atoms with Gasteiger partial charge in [-0.25, -0.2) is 9.37 Å². The van der Waals surface area contributed by atoms with Gasteiger partial charge in [-0.1, -0.05) is 0 Å². The third kappa shape index (κ3) is 2.27. The first-order valence-electron chi connectivity index (χ1n) is 5.45. The number of aromatic nitrogens is 3. The lowest BCUT2D eigenvalue weighted by Gasteiger charge is -1.89. The predicted molar refractivity (Wildman–Crippen MR) is 69.7 cm³/mol. The van der Waals surface area contributed by atoms with Crippen LogP contribution in [0.2, 0.25) is 0 Å². The highest BCUT2D eigenvalue weighted by Gasteiger charge is 2.19. The molecule has 2 heterocycles. The van der Waals surface area contributed by atoms with Crippen molar-refractivity contribution in [3.8, 4) is 0 Å². The Kier molecular flexibility index (Phi) is 2.97. The van der Waals surface area contributed by atoms with Crippen molar-refractivity contribution < 1.29 is 13.7 Å². The van der Waals surface area contributed by atoms with Gasteiger partial charge in [0.05, 0.1) is 11.3 Å². The minimum Gasteiger partial charge on any atom is -0.439 e. The molecule has 102 valence electrons.